The lowest BCUT2D eigenvalue weighted by Gasteiger charge is -2.26. The number of aromatic nitrogens is 1. The van der Waals surface area contributed by atoms with Crippen molar-refractivity contribution in [2.75, 3.05) is 4.90 Å². The fourth-order valence-corrected chi connectivity index (χ4v) is 8.82. The lowest BCUT2D eigenvalue weighted by atomic mass is 10.0. The van der Waals surface area contributed by atoms with Gasteiger partial charge in [0.1, 0.15) is 0 Å². The van der Waals surface area contributed by atoms with E-state index < -0.39 is 8.07 Å². The molecule has 0 amide bonds. The van der Waals surface area contributed by atoms with Crippen LogP contribution in [0.4, 0.5) is 17.1 Å². The van der Waals surface area contributed by atoms with Crippen LogP contribution < -0.4 is 10.1 Å². The van der Waals surface area contributed by atoms with Crippen LogP contribution in [0, 0.1) is 0 Å². The third-order valence-corrected chi connectivity index (χ3v) is 12.7. The van der Waals surface area contributed by atoms with E-state index >= 15 is 0 Å². The first-order chi connectivity index (χ1) is 26.4. The van der Waals surface area contributed by atoms with Gasteiger partial charge in [-0.15, -0.1) is 0 Å². The molecule has 0 unspecified atom stereocenters. The molecule has 260 valence electrons. The zero-order chi connectivity index (χ0) is 36.6. The minimum absolute atomic E-state index is 1.11. The molecule has 0 aliphatic rings. The minimum atomic E-state index is -1.35. The molecule has 9 aromatic rings. The first-order valence-corrected chi connectivity index (χ1v) is 22.3. The molecule has 1 heterocycles. The Kier molecular flexibility index (Phi) is 8.57. The molecule has 0 saturated heterocycles. The van der Waals surface area contributed by atoms with E-state index in [1.165, 1.54) is 66.1 Å². The van der Waals surface area contributed by atoms with Gasteiger partial charge in [-0.3, -0.25) is 0 Å². The molecule has 54 heavy (non-hydrogen) atoms. The number of anilines is 3. The van der Waals surface area contributed by atoms with E-state index in [1.807, 2.05) is 0 Å². The highest BCUT2D eigenvalue weighted by molar-refractivity contribution is 6.88. The highest BCUT2D eigenvalue weighted by atomic mass is 28.3. The monoisotopic (exact) mass is 710 g/mol. The third-order valence-electron chi connectivity index (χ3n) is 10.6. The Labute approximate surface area is 319 Å². The van der Waals surface area contributed by atoms with Crippen molar-refractivity contribution in [2.24, 2.45) is 0 Å². The van der Waals surface area contributed by atoms with Crippen molar-refractivity contribution in [3.8, 4) is 39.1 Å². The number of para-hydroxylation sites is 2. The van der Waals surface area contributed by atoms with Crippen LogP contribution in [-0.4, -0.2) is 12.6 Å². The molecule has 2 nitrogen and oxygen atoms in total. The van der Waals surface area contributed by atoms with E-state index in [9.17, 15) is 0 Å². The average Bonchev–Trinajstić information content (AvgIpc) is 3.56. The summed E-state index contributed by atoms with van der Waals surface area (Å²) in [5.41, 5.74) is 14.2. The Bertz CT molecular complexity index is 2690. The summed E-state index contributed by atoms with van der Waals surface area (Å²) < 4.78 is 2.37. The molecular formula is C51H42N2Si. The summed E-state index contributed by atoms with van der Waals surface area (Å²) >= 11 is 0. The number of fused-ring (bicyclic) bond motifs is 3. The molecule has 0 spiro atoms. The first-order valence-electron chi connectivity index (χ1n) is 18.8. The van der Waals surface area contributed by atoms with Gasteiger partial charge in [0, 0.05) is 33.5 Å². The maximum Gasteiger partial charge on any atom is 0.0775 e. The zero-order valence-electron chi connectivity index (χ0n) is 30.9. The van der Waals surface area contributed by atoms with E-state index in [-0.39, 0.29) is 0 Å². The molecule has 9 rings (SSSR count). The van der Waals surface area contributed by atoms with Crippen LogP contribution >= 0.6 is 0 Å². The second kappa shape index (κ2) is 13.9. The van der Waals surface area contributed by atoms with Gasteiger partial charge in [-0.1, -0.05) is 158 Å². The van der Waals surface area contributed by atoms with Crippen LogP contribution in [0.5, 0.6) is 0 Å². The highest BCUT2D eigenvalue weighted by Gasteiger charge is 2.18. The van der Waals surface area contributed by atoms with E-state index in [1.54, 1.807) is 0 Å². The van der Waals surface area contributed by atoms with Gasteiger partial charge in [0.15, 0.2) is 0 Å². The Hall–Kier alpha value is -6.42. The van der Waals surface area contributed by atoms with E-state index in [4.69, 9.17) is 0 Å². The Morgan fingerprint density at radius 1 is 0.352 bits per heavy atom. The molecule has 8 aromatic carbocycles. The summed E-state index contributed by atoms with van der Waals surface area (Å²) in [7, 11) is -1.35. The topological polar surface area (TPSA) is 8.17 Å². The number of benzene rings is 8. The van der Waals surface area contributed by atoms with E-state index in [0.717, 1.165) is 17.1 Å². The second-order valence-corrected chi connectivity index (χ2v) is 20.2. The number of hydrogen-bond donors (Lipinski definition) is 0. The van der Waals surface area contributed by atoms with E-state index in [2.05, 4.69) is 229 Å². The van der Waals surface area contributed by atoms with Crippen molar-refractivity contribution in [1.82, 2.24) is 4.57 Å². The normalized spacial score (nSPS) is 11.6. The van der Waals surface area contributed by atoms with Gasteiger partial charge < -0.3 is 9.47 Å². The largest absolute Gasteiger partial charge is 0.311 e. The van der Waals surface area contributed by atoms with Gasteiger partial charge in [-0.25, -0.2) is 0 Å². The summed E-state index contributed by atoms with van der Waals surface area (Å²) in [4.78, 5) is 2.35. The second-order valence-electron chi connectivity index (χ2n) is 15.1. The fourth-order valence-electron chi connectivity index (χ4n) is 7.66. The third kappa shape index (κ3) is 6.33. The van der Waals surface area contributed by atoms with Gasteiger partial charge in [-0.05, 0) is 100 Å². The summed E-state index contributed by atoms with van der Waals surface area (Å²) in [6, 6.07) is 72.9. The molecule has 0 atom stereocenters. The lowest BCUT2D eigenvalue weighted by Crippen LogP contribution is -2.37. The minimum Gasteiger partial charge on any atom is -0.311 e. The molecule has 0 fully saturated rings. The van der Waals surface area contributed by atoms with Crippen LogP contribution in [0.15, 0.2) is 200 Å². The average molecular weight is 711 g/mol. The number of rotatable bonds is 8. The molecule has 0 bridgehead atoms. The maximum absolute atomic E-state index is 2.40. The summed E-state index contributed by atoms with van der Waals surface area (Å²) in [6.07, 6.45) is 0. The van der Waals surface area contributed by atoms with Gasteiger partial charge >= 0.3 is 0 Å². The van der Waals surface area contributed by atoms with E-state index in [0.29, 0.717) is 0 Å². The quantitative estimate of drug-likeness (QED) is 0.143. The van der Waals surface area contributed by atoms with Crippen LogP contribution in [0.2, 0.25) is 19.6 Å². The van der Waals surface area contributed by atoms with Gasteiger partial charge in [0.2, 0.25) is 0 Å². The van der Waals surface area contributed by atoms with Crippen molar-refractivity contribution in [3.05, 3.63) is 200 Å². The summed E-state index contributed by atoms with van der Waals surface area (Å²) in [5.74, 6) is 0. The molecular weight excluding hydrogens is 669 g/mol. The van der Waals surface area contributed by atoms with Gasteiger partial charge in [0.25, 0.3) is 0 Å². The fraction of sp³-hybridized carbons (Fsp3) is 0.0588. The summed E-state index contributed by atoms with van der Waals surface area (Å²) in [5, 5.41) is 4.00. The van der Waals surface area contributed by atoms with Crippen LogP contribution in [0.1, 0.15) is 0 Å². The standard InChI is InChI=1S/C51H42N2Si/c1-54(2,3)47-33-24-40(25-34-47)39-20-29-45(30-21-39)52(44-27-18-38(19-28-44)37-12-6-4-7-13-37)46-31-22-41(23-32-46)42-26-35-51-49(36-42)48-16-10-11-17-50(48)53(51)43-14-8-5-9-15-43/h4-36H,1-3H3. The van der Waals surface area contributed by atoms with Crippen molar-refractivity contribution in [3.63, 3.8) is 0 Å². The SMILES string of the molecule is C[Si](C)(C)c1ccc(-c2ccc(N(c3ccc(-c4ccccc4)cc3)c3ccc(-c4ccc5c(c4)c4ccccc4n5-c4ccccc4)cc3)cc2)cc1. The smallest absolute Gasteiger partial charge is 0.0775 e. The van der Waals surface area contributed by atoms with Gasteiger partial charge in [-0.2, -0.15) is 0 Å². The first kappa shape index (κ1) is 33.4. The van der Waals surface area contributed by atoms with Crippen molar-refractivity contribution in [2.45, 2.75) is 19.6 Å². The molecule has 3 heteroatoms. The number of nitrogens with zero attached hydrogens (tertiary/aromatic N) is 2. The van der Waals surface area contributed by atoms with Crippen molar-refractivity contribution in [1.29, 1.82) is 0 Å². The van der Waals surface area contributed by atoms with Crippen molar-refractivity contribution >= 4 is 52.1 Å². The summed E-state index contributed by atoms with van der Waals surface area (Å²) in [6.45, 7) is 7.19. The molecule has 0 aliphatic heterocycles. The highest BCUT2D eigenvalue weighted by Crippen LogP contribution is 2.39. The number of hydrogen-bond acceptors (Lipinski definition) is 1. The Balaban J connectivity index is 1.08. The zero-order valence-corrected chi connectivity index (χ0v) is 31.9. The molecule has 0 radical (unpaired) electrons. The lowest BCUT2D eigenvalue weighted by molar-refractivity contribution is 1.18. The van der Waals surface area contributed by atoms with Gasteiger partial charge in [0.05, 0.1) is 19.1 Å². The molecule has 0 N–H and O–H groups in total. The molecule has 0 saturated carbocycles. The maximum atomic E-state index is 2.40. The van der Waals surface area contributed by atoms with Crippen LogP contribution in [0.25, 0.3) is 60.9 Å². The molecule has 0 aliphatic carbocycles. The Morgan fingerprint density at radius 2 is 0.759 bits per heavy atom. The Morgan fingerprint density at radius 3 is 1.30 bits per heavy atom. The van der Waals surface area contributed by atoms with Crippen LogP contribution in [-0.2, 0) is 0 Å². The van der Waals surface area contributed by atoms with Crippen LogP contribution in [0.3, 0.4) is 0 Å². The molecule has 1 aromatic heterocycles. The predicted octanol–water partition coefficient (Wildman–Crippen LogP) is 13.8. The van der Waals surface area contributed by atoms with Crippen molar-refractivity contribution < 1.29 is 0 Å². The predicted molar refractivity (Wildman–Crippen MR) is 235 cm³/mol.